The summed E-state index contributed by atoms with van der Waals surface area (Å²) in [5.74, 6) is 0.0685. The molecule has 0 fully saturated rings. The molecule has 6 N–H and O–H groups in total. The number of thiazole rings is 1. The van der Waals surface area contributed by atoms with Crippen LogP contribution in [0.15, 0.2) is 35.2 Å². The lowest BCUT2D eigenvalue weighted by molar-refractivity contribution is 0.299. The first-order valence-corrected chi connectivity index (χ1v) is 10.4. The van der Waals surface area contributed by atoms with E-state index in [1.165, 1.54) is 11.3 Å². The molecule has 0 unspecified atom stereocenters. The third kappa shape index (κ3) is 3.11. The Labute approximate surface area is 163 Å². The molecule has 0 radical (unpaired) electrons. The number of anilines is 1. The number of aromatic nitrogens is 5. The molecule has 2 aromatic heterocycles. The smallest absolute Gasteiger partial charge is 0.239 e. The number of nitrogens with one attached hydrogen (secondary N) is 1. The first-order chi connectivity index (χ1) is 13.4. The maximum absolute atomic E-state index is 12.5. The summed E-state index contributed by atoms with van der Waals surface area (Å²) in [6.45, 7) is -0.244. The molecule has 2 aromatic carbocycles. The lowest BCUT2D eigenvalue weighted by Gasteiger charge is -2.15. The number of nitrogens with zero attached hydrogens (tertiary/aromatic N) is 4. The highest BCUT2D eigenvalue weighted by Gasteiger charge is 2.27. The van der Waals surface area contributed by atoms with Crippen molar-refractivity contribution >= 4 is 36.7 Å². The van der Waals surface area contributed by atoms with E-state index in [9.17, 15) is 13.5 Å². The second-order valence-corrected chi connectivity index (χ2v) is 8.50. The summed E-state index contributed by atoms with van der Waals surface area (Å²) < 4.78 is 25.8. The van der Waals surface area contributed by atoms with Crippen LogP contribution in [0, 0.1) is 0 Å². The molecule has 0 aliphatic carbocycles. The van der Waals surface area contributed by atoms with Crippen LogP contribution in [0.2, 0.25) is 0 Å². The summed E-state index contributed by atoms with van der Waals surface area (Å²) in [5.41, 5.74) is 8.22. The molecule has 0 amide bonds. The molecular formula is C16H15N7O3S2. The van der Waals surface area contributed by atoms with Crippen LogP contribution < -0.4 is 10.9 Å². The van der Waals surface area contributed by atoms with Gasteiger partial charge in [-0.2, -0.15) is 5.21 Å². The topological polar surface area (TPSA) is 174 Å². The van der Waals surface area contributed by atoms with E-state index in [-0.39, 0.29) is 29.3 Å². The molecule has 0 spiro atoms. The molecule has 0 atom stereocenters. The Morgan fingerprint density at radius 1 is 1.18 bits per heavy atom. The average Bonchev–Trinajstić information content (AvgIpc) is 3.28. The third-order valence-corrected chi connectivity index (χ3v) is 6.08. The molecule has 4 aromatic rings. The van der Waals surface area contributed by atoms with Gasteiger partial charge in [-0.3, -0.25) is 0 Å². The minimum absolute atomic E-state index is 0.0685. The fourth-order valence-corrected chi connectivity index (χ4v) is 4.95. The zero-order chi connectivity index (χ0) is 19.9. The zero-order valence-electron chi connectivity index (χ0n) is 14.3. The number of para-hydroxylation sites is 1. The van der Waals surface area contributed by atoms with Crippen molar-refractivity contribution in [2.75, 3.05) is 12.3 Å². The van der Waals surface area contributed by atoms with E-state index in [1.807, 2.05) is 12.1 Å². The van der Waals surface area contributed by atoms with E-state index in [4.69, 9.17) is 10.9 Å². The summed E-state index contributed by atoms with van der Waals surface area (Å²) in [4.78, 5) is 4.22. The van der Waals surface area contributed by atoms with Crippen LogP contribution in [0.25, 0.3) is 32.7 Å². The summed E-state index contributed by atoms with van der Waals surface area (Å²) in [7, 11) is -4.17. The van der Waals surface area contributed by atoms with Gasteiger partial charge in [0.1, 0.15) is 0 Å². The van der Waals surface area contributed by atoms with E-state index in [2.05, 4.69) is 25.6 Å². The first-order valence-electron chi connectivity index (χ1n) is 8.09. The number of tetrazole rings is 1. The first kappa shape index (κ1) is 18.4. The molecule has 144 valence electrons. The molecule has 28 heavy (non-hydrogen) atoms. The van der Waals surface area contributed by atoms with Gasteiger partial charge in [0.25, 0.3) is 0 Å². The minimum Gasteiger partial charge on any atom is -0.396 e. The molecule has 0 saturated carbocycles. The summed E-state index contributed by atoms with van der Waals surface area (Å²) in [5, 5.41) is 29.1. The van der Waals surface area contributed by atoms with Crippen molar-refractivity contribution in [1.82, 2.24) is 25.6 Å². The van der Waals surface area contributed by atoms with Gasteiger partial charge in [-0.25, -0.2) is 18.5 Å². The lowest BCUT2D eigenvalue weighted by atomic mass is 9.95. The van der Waals surface area contributed by atoms with Gasteiger partial charge in [0.15, 0.2) is 5.13 Å². The number of rotatable bonds is 5. The van der Waals surface area contributed by atoms with Gasteiger partial charge in [0.2, 0.25) is 15.8 Å². The van der Waals surface area contributed by atoms with Gasteiger partial charge in [-0.15, -0.1) is 10.2 Å². The van der Waals surface area contributed by atoms with Crippen molar-refractivity contribution in [2.24, 2.45) is 5.14 Å². The molecule has 4 rings (SSSR count). The average molecular weight is 417 g/mol. The Bertz CT molecular complexity index is 1270. The molecular weight excluding hydrogens is 402 g/mol. The predicted octanol–water partition coefficient (Wildman–Crippen LogP) is 0.908. The maximum atomic E-state index is 12.5. The summed E-state index contributed by atoms with van der Waals surface area (Å²) >= 11 is 1.33. The van der Waals surface area contributed by atoms with Crippen LogP contribution in [0.1, 0.15) is 5.56 Å². The highest BCUT2D eigenvalue weighted by Crippen LogP contribution is 2.40. The van der Waals surface area contributed by atoms with Gasteiger partial charge < -0.3 is 10.8 Å². The second kappa shape index (κ2) is 6.91. The molecule has 0 aliphatic heterocycles. The van der Waals surface area contributed by atoms with E-state index < -0.39 is 10.0 Å². The van der Waals surface area contributed by atoms with Crippen LogP contribution >= 0.6 is 11.3 Å². The number of benzene rings is 2. The van der Waals surface area contributed by atoms with Crippen molar-refractivity contribution < 1.29 is 13.5 Å². The SMILES string of the molecule is Nc1nc2c(-c3ccc(CCO)c(S(N)(=O)=O)c3-c3nn[nH]n3)cccc2s1. The second-order valence-electron chi connectivity index (χ2n) is 5.93. The van der Waals surface area contributed by atoms with Gasteiger partial charge in [-0.1, -0.05) is 35.6 Å². The standard InChI is InChI=1S/C16H15N7O3S2/c17-16-19-13-10(2-1-3-11(13)27-16)9-5-4-8(6-7-24)14(28(18,25)26)12(9)15-20-22-23-21-15/h1-5,24H,6-7H2,(H2,17,19)(H2,18,25,26)(H,20,21,22,23). The highest BCUT2D eigenvalue weighted by atomic mass is 32.2. The molecule has 0 saturated heterocycles. The number of hydrogen-bond donors (Lipinski definition) is 4. The highest BCUT2D eigenvalue weighted by molar-refractivity contribution is 7.89. The van der Waals surface area contributed by atoms with Crippen LogP contribution in [-0.2, 0) is 16.4 Å². The Morgan fingerprint density at radius 2 is 2.00 bits per heavy atom. The summed E-state index contributed by atoms with van der Waals surface area (Å²) in [6.07, 6.45) is 0.102. The Morgan fingerprint density at radius 3 is 2.68 bits per heavy atom. The lowest BCUT2D eigenvalue weighted by Crippen LogP contribution is -2.17. The molecule has 0 aliphatic rings. The number of sulfonamides is 1. The Balaban J connectivity index is 2.14. The van der Waals surface area contributed by atoms with Crippen LogP contribution in [-0.4, -0.2) is 45.7 Å². The van der Waals surface area contributed by atoms with Gasteiger partial charge in [-0.05, 0) is 28.8 Å². The van der Waals surface area contributed by atoms with E-state index in [0.717, 1.165) is 4.70 Å². The maximum Gasteiger partial charge on any atom is 0.239 e. The Kier molecular flexibility index (Phi) is 4.55. The molecule has 0 bridgehead atoms. The van der Waals surface area contributed by atoms with Crippen molar-refractivity contribution in [1.29, 1.82) is 0 Å². The number of aromatic amines is 1. The number of nitrogen functional groups attached to an aromatic ring is 1. The largest absolute Gasteiger partial charge is 0.396 e. The quantitative estimate of drug-likeness (QED) is 0.370. The number of nitrogens with two attached hydrogens (primary N) is 2. The van der Waals surface area contributed by atoms with Crippen molar-refractivity contribution in [2.45, 2.75) is 11.3 Å². The predicted molar refractivity (Wildman–Crippen MR) is 105 cm³/mol. The van der Waals surface area contributed by atoms with Crippen LogP contribution in [0.4, 0.5) is 5.13 Å². The number of hydrogen-bond acceptors (Lipinski definition) is 9. The van der Waals surface area contributed by atoms with Gasteiger partial charge in [0.05, 0.1) is 20.7 Å². The van der Waals surface area contributed by atoms with Gasteiger partial charge in [0, 0.05) is 12.2 Å². The fourth-order valence-electron chi connectivity index (χ4n) is 3.17. The number of aliphatic hydroxyl groups is 1. The van der Waals surface area contributed by atoms with Gasteiger partial charge >= 0.3 is 0 Å². The number of fused-ring (bicyclic) bond motifs is 1. The normalized spacial score (nSPS) is 11.9. The number of primary sulfonamides is 1. The monoisotopic (exact) mass is 417 g/mol. The van der Waals surface area contributed by atoms with E-state index in [1.54, 1.807) is 18.2 Å². The zero-order valence-corrected chi connectivity index (χ0v) is 16.0. The fraction of sp³-hybridized carbons (Fsp3) is 0.125. The third-order valence-electron chi connectivity index (χ3n) is 4.20. The van der Waals surface area contributed by atoms with Crippen LogP contribution in [0.3, 0.4) is 0 Å². The number of H-pyrrole nitrogens is 1. The number of aliphatic hydroxyl groups excluding tert-OH is 1. The van der Waals surface area contributed by atoms with Crippen LogP contribution in [0.5, 0.6) is 0 Å². The van der Waals surface area contributed by atoms with Crippen molar-refractivity contribution in [3.63, 3.8) is 0 Å². The van der Waals surface area contributed by atoms with E-state index >= 15 is 0 Å². The molecule has 10 nitrogen and oxygen atoms in total. The van der Waals surface area contributed by atoms with Crippen molar-refractivity contribution in [3.05, 3.63) is 35.9 Å². The van der Waals surface area contributed by atoms with E-state index in [0.29, 0.717) is 27.3 Å². The van der Waals surface area contributed by atoms with Crippen molar-refractivity contribution in [3.8, 4) is 22.5 Å². The molecule has 12 heteroatoms. The minimum atomic E-state index is -4.17. The Hall–Kier alpha value is -2.93. The molecule has 2 heterocycles. The summed E-state index contributed by atoms with van der Waals surface area (Å²) in [6, 6.07) is 8.85.